The number of hydrogen-bond acceptors (Lipinski definition) is 7. The number of aromatic amines is 2. The lowest BCUT2D eigenvalue weighted by molar-refractivity contribution is 0.431. The average molecular weight is 592 g/mol. The van der Waals surface area contributed by atoms with Crippen molar-refractivity contribution in [1.82, 2.24) is 41.4 Å². The summed E-state index contributed by atoms with van der Waals surface area (Å²) in [5.74, 6) is 5.01. The maximum absolute atomic E-state index is 5.01. The minimum absolute atomic E-state index is 0.939. The van der Waals surface area contributed by atoms with E-state index in [1.807, 2.05) is 66.8 Å². The molecule has 8 bridgehead atoms. The van der Waals surface area contributed by atoms with Crippen molar-refractivity contribution >= 4 is 46.4 Å². The first kappa shape index (κ1) is 32.5. The number of hydrogen-bond donors (Lipinski definition) is 6. The molecule has 7 N–H and O–H groups in total. The summed E-state index contributed by atoms with van der Waals surface area (Å²) in [5, 5.41) is 0. The topological polar surface area (TPSA) is 132 Å². The Morgan fingerprint density at radius 1 is 0.591 bits per heavy atom. The van der Waals surface area contributed by atoms with Crippen LogP contribution in [0.4, 0.5) is 0 Å². The third kappa shape index (κ3) is 12.1. The fraction of sp³-hybridized carbons (Fsp3) is 0.286. The number of fused-ring (bicyclic) bond motifs is 8. The number of hydrazine groups is 3. The summed E-state index contributed by atoms with van der Waals surface area (Å²) in [6.45, 7) is 3.23. The summed E-state index contributed by atoms with van der Waals surface area (Å²) in [7, 11) is 0. The zero-order chi connectivity index (χ0) is 30.7. The molecule has 0 amide bonds. The van der Waals surface area contributed by atoms with Crippen molar-refractivity contribution in [2.24, 2.45) is 5.84 Å². The molecule has 0 saturated heterocycles. The second-order valence-corrected chi connectivity index (χ2v) is 10.6. The fourth-order valence-electron chi connectivity index (χ4n) is 4.72. The zero-order valence-corrected chi connectivity index (χ0v) is 25.6. The molecule has 2 aliphatic rings. The Hall–Kier alpha value is -4.41. The van der Waals surface area contributed by atoms with Crippen LogP contribution in [0.2, 0.25) is 0 Å². The molecule has 9 heteroatoms. The van der Waals surface area contributed by atoms with Gasteiger partial charge in [-0.25, -0.2) is 15.4 Å². The van der Waals surface area contributed by atoms with Crippen molar-refractivity contribution in [3.05, 3.63) is 102 Å². The van der Waals surface area contributed by atoms with Crippen molar-refractivity contribution in [2.45, 2.75) is 58.3 Å². The van der Waals surface area contributed by atoms with E-state index in [1.54, 1.807) is 12.4 Å². The Morgan fingerprint density at radius 2 is 1.02 bits per heavy atom. The van der Waals surface area contributed by atoms with Crippen LogP contribution in [0.1, 0.15) is 81.1 Å². The van der Waals surface area contributed by atoms with Gasteiger partial charge in [-0.2, -0.15) is 11.1 Å². The van der Waals surface area contributed by atoms with Crippen LogP contribution < -0.4 is 22.3 Å². The standard InChI is InChI=1S/C20H14N4.C10H26N4.C5H5N/c1-2-14-10-16-5-6-18(23-16)12-20-8-7-19(24-20)11-17-4-3-15(22-17)9-13(1)21-14;1-2-3-4-5-6-7-8-9-10-12-14-13-11;1-2-4-6-5-3-1/h1-12,21,24H;12-14H,2-11H2,1H3;1-5H. The lowest BCUT2D eigenvalue weighted by atomic mass is 10.1. The second-order valence-electron chi connectivity index (χ2n) is 10.6. The Balaban J connectivity index is 0.000000187. The molecule has 4 aromatic rings. The number of aromatic nitrogens is 5. The highest BCUT2D eigenvalue weighted by Crippen LogP contribution is 2.17. The number of nitrogens with one attached hydrogen (secondary N) is 5. The quantitative estimate of drug-likeness (QED) is 0.0528. The van der Waals surface area contributed by atoms with Gasteiger partial charge in [-0.1, -0.05) is 57.9 Å². The highest BCUT2D eigenvalue weighted by atomic mass is 15.7. The van der Waals surface area contributed by atoms with Gasteiger partial charge in [-0.3, -0.25) is 10.8 Å². The van der Waals surface area contributed by atoms with Crippen molar-refractivity contribution in [3.63, 3.8) is 0 Å². The van der Waals surface area contributed by atoms with E-state index in [9.17, 15) is 0 Å². The predicted molar refractivity (Wildman–Crippen MR) is 184 cm³/mol. The van der Waals surface area contributed by atoms with Crippen LogP contribution in [0.3, 0.4) is 0 Å². The van der Waals surface area contributed by atoms with E-state index >= 15 is 0 Å². The molecule has 230 valence electrons. The van der Waals surface area contributed by atoms with Crippen LogP contribution in [0.15, 0.2) is 79.1 Å². The molecule has 6 rings (SSSR count). The molecule has 0 aliphatic carbocycles. The van der Waals surface area contributed by atoms with E-state index in [-0.39, 0.29) is 0 Å². The van der Waals surface area contributed by atoms with E-state index in [2.05, 4.69) is 72.6 Å². The monoisotopic (exact) mass is 591 g/mol. The molecule has 0 atom stereocenters. The van der Waals surface area contributed by atoms with Crippen molar-refractivity contribution < 1.29 is 0 Å². The predicted octanol–water partition coefficient (Wildman–Crippen LogP) is 7.34. The second kappa shape index (κ2) is 19.0. The van der Waals surface area contributed by atoms with Gasteiger partial charge in [0.25, 0.3) is 0 Å². The molecule has 0 saturated carbocycles. The number of pyridine rings is 1. The van der Waals surface area contributed by atoms with Gasteiger partial charge in [0.05, 0.1) is 22.8 Å². The molecule has 0 unspecified atom stereocenters. The smallest absolute Gasteiger partial charge is 0.0658 e. The summed E-state index contributed by atoms with van der Waals surface area (Å²) in [4.78, 5) is 19.8. The van der Waals surface area contributed by atoms with Gasteiger partial charge < -0.3 is 9.97 Å². The fourth-order valence-corrected chi connectivity index (χ4v) is 4.72. The number of nitrogens with two attached hydrogens (primary N) is 1. The van der Waals surface area contributed by atoms with Gasteiger partial charge in [0.15, 0.2) is 0 Å². The molecule has 6 heterocycles. The van der Waals surface area contributed by atoms with Crippen LogP contribution in [0.25, 0.3) is 46.4 Å². The lowest BCUT2D eigenvalue weighted by Crippen LogP contribution is -2.47. The molecule has 44 heavy (non-hydrogen) atoms. The van der Waals surface area contributed by atoms with Crippen LogP contribution in [-0.2, 0) is 0 Å². The molecule has 4 aromatic heterocycles. The van der Waals surface area contributed by atoms with E-state index in [4.69, 9.17) is 5.84 Å². The summed E-state index contributed by atoms with van der Waals surface area (Å²) in [6, 6.07) is 22.1. The first-order chi connectivity index (χ1) is 21.7. The Kier molecular flexibility index (Phi) is 14.0. The number of nitrogens with zero attached hydrogens (tertiary/aromatic N) is 3. The highest BCUT2D eigenvalue weighted by molar-refractivity contribution is 5.77. The van der Waals surface area contributed by atoms with Crippen LogP contribution in [0, 0.1) is 0 Å². The zero-order valence-electron chi connectivity index (χ0n) is 25.6. The van der Waals surface area contributed by atoms with Crippen LogP contribution in [-0.4, -0.2) is 31.5 Å². The van der Waals surface area contributed by atoms with Gasteiger partial charge in [0.2, 0.25) is 0 Å². The molecule has 2 aliphatic heterocycles. The van der Waals surface area contributed by atoms with E-state index < -0.39 is 0 Å². The first-order valence-electron chi connectivity index (χ1n) is 15.5. The summed E-state index contributed by atoms with van der Waals surface area (Å²) in [6.07, 6.45) is 22.4. The Labute approximate surface area is 260 Å². The number of rotatable bonds is 11. The molecular weight excluding hydrogens is 546 g/mol. The molecule has 0 aromatic carbocycles. The molecular formula is C35H45N9. The third-order valence-electron chi connectivity index (χ3n) is 6.92. The van der Waals surface area contributed by atoms with Crippen molar-refractivity contribution in [1.29, 1.82) is 0 Å². The first-order valence-corrected chi connectivity index (χ1v) is 15.5. The molecule has 0 radical (unpaired) electrons. The highest BCUT2D eigenvalue weighted by Gasteiger charge is 2.01. The van der Waals surface area contributed by atoms with Gasteiger partial charge in [0, 0.05) is 41.0 Å². The number of H-pyrrole nitrogens is 2. The normalized spacial score (nSPS) is 11.4. The van der Waals surface area contributed by atoms with Crippen LogP contribution in [0.5, 0.6) is 0 Å². The van der Waals surface area contributed by atoms with E-state index in [0.29, 0.717) is 0 Å². The van der Waals surface area contributed by atoms with Gasteiger partial charge in [-0.05, 0) is 91.4 Å². The minimum Gasteiger partial charge on any atom is -0.355 e. The Bertz CT molecular complexity index is 1390. The maximum Gasteiger partial charge on any atom is 0.0658 e. The molecule has 9 nitrogen and oxygen atoms in total. The Morgan fingerprint density at radius 3 is 1.39 bits per heavy atom. The van der Waals surface area contributed by atoms with Crippen LogP contribution >= 0.6 is 0 Å². The SMILES string of the molecule is C1=Cc2cc3ccc(cc4nc(cc5ccc(cc1n2)[nH]5)C=C4)[nH]3.CCCCCCCCCCNNNN.c1ccncc1. The van der Waals surface area contributed by atoms with E-state index in [0.717, 1.165) is 51.4 Å². The third-order valence-corrected chi connectivity index (χ3v) is 6.92. The lowest BCUT2D eigenvalue weighted by Gasteiger charge is -2.04. The van der Waals surface area contributed by atoms with Crippen molar-refractivity contribution in [2.75, 3.05) is 6.54 Å². The maximum atomic E-state index is 5.01. The van der Waals surface area contributed by atoms with Crippen molar-refractivity contribution in [3.8, 4) is 0 Å². The van der Waals surface area contributed by atoms with Gasteiger partial charge in [0.1, 0.15) is 0 Å². The van der Waals surface area contributed by atoms with E-state index in [1.165, 1.54) is 51.4 Å². The summed E-state index contributed by atoms with van der Waals surface area (Å²) in [5.41, 5.74) is 15.8. The summed E-state index contributed by atoms with van der Waals surface area (Å²) < 4.78 is 0. The average Bonchev–Trinajstić information content (AvgIpc) is 3.87. The van der Waals surface area contributed by atoms with Gasteiger partial charge in [-0.15, -0.1) is 0 Å². The molecule has 0 fully saturated rings. The number of unbranched alkanes of at least 4 members (excludes halogenated alkanes) is 7. The minimum atomic E-state index is 0.939. The largest absolute Gasteiger partial charge is 0.355 e. The van der Waals surface area contributed by atoms with Gasteiger partial charge >= 0.3 is 0 Å². The summed E-state index contributed by atoms with van der Waals surface area (Å²) >= 11 is 0. The molecule has 0 spiro atoms.